The van der Waals surface area contributed by atoms with Crippen molar-refractivity contribution in [2.75, 3.05) is 0 Å². The largest absolute Gasteiger partial charge is 0.299 e. The quantitative estimate of drug-likeness (QED) is 0.793. The summed E-state index contributed by atoms with van der Waals surface area (Å²) >= 11 is 6.00. The van der Waals surface area contributed by atoms with E-state index in [9.17, 15) is 9.18 Å². The Morgan fingerprint density at radius 1 is 1.10 bits per heavy atom. The van der Waals surface area contributed by atoms with E-state index in [0.717, 1.165) is 11.8 Å². The lowest BCUT2D eigenvalue weighted by Gasteiger charge is -2.53. The van der Waals surface area contributed by atoms with Crippen LogP contribution in [0.4, 0.5) is 4.39 Å². The maximum atomic E-state index is 13.5. The molecule has 0 amide bonds. The van der Waals surface area contributed by atoms with Crippen LogP contribution in [0, 0.1) is 35.4 Å². The minimum Gasteiger partial charge on any atom is -0.299 e. The smallest absolute Gasteiger partial charge is 0.142 e. The van der Waals surface area contributed by atoms with Gasteiger partial charge in [-0.1, -0.05) is 23.7 Å². The van der Waals surface area contributed by atoms with E-state index in [1.54, 1.807) is 12.1 Å². The molecule has 0 atom stereocenters. The topological polar surface area (TPSA) is 17.1 Å². The second-order valence-corrected chi connectivity index (χ2v) is 7.69. The normalized spacial score (nSPS) is 37.0. The van der Waals surface area contributed by atoms with Gasteiger partial charge in [-0.15, -0.1) is 0 Å². The molecule has 112 valence electrons. The van der Waals surface area contributed by atoms with Gasteiger partial charge in [0.2, 0.25) is 0 Å². The molecule has 5 rings (SSSR count). The van der Waals surface area contributed by atoms with Gasteiger partial charge in [0.05, 0.1) is 5.02 Å². The predicted octanol–water partition coefficient (Wildman–Crippen LogP) is 4.66. The summed E-state index contributed by atoms with van der Waals surface area (Å²) in [6.07, 6.45) is 6.63. The number of halogens is 2. The molecule has 4 fully saturated rings. The lowest BCUT2D eigenvalue weighted by atomic mass is 9.51. The van der Waals surface area contributed by atoms with Gasteiger partial charge in [0.25, 0.3) is 0 Å². The summed E-state index contributed by atoms with van der Waals surface area (Å²) in [4.78, 5) is 12.8. The summed E-state index contributed by atoms with van der Waals surface area (Å²) in [5, 5.41) is 0.120. The summed E-state index contributed by atoms with van der Waals surface area (Å²) in [5.74, 6) is 2.98. The molecule has 4 aliphatic carbocycles. The molecule has 4 aliphatic rings. The summed E-state index contributed by atoms with van der Waals surface area (Å²) in [7, 11) is 0. The molecule has 0 spiro atoms. The Hall–Kier alpha value is -0.890. The van der Waals surface area contributed by atoms with Gasteiger partial charge in [0, 0.05) is 12.3 Å². The zero-order valence-corrected chi connectivity index (χ0v) is 12.8. The number of carbonyl (C=O) groups is 1. The van der Waals surface area contributed by atoms with E-state index in [1.165, 1.54) is 38.2 Å². The van der Waals surface area contributed by atoms with Gasteiger partial charge >= 0.3 is 0 Å². The fraction of sp³-hybridized carbons (Fsp3) is 0.611. The summed E-state index contributed by atoms with van der Waals surface area (Å²) < 4.78 is 13.5. The van der Waals surface area contributed by atoms with Crippen molar-refractivity contribution in [1.29, 1.82) is 0 Å². The number of carbonyl (C=O) groups excluding carboxylic acids is 1. The van der Waals surface area contributed by atoms with Crippen LogP contribution in [0.25, 0.3) is 0 Å². The van der Waals surface area contributed by atoms with Gasteiger partial charge in [-0.3, -0.25) is 4.79 Å². The number of hydrogen-bond acceptors (Lipinski definition) is 1. The predicted molar refractivity (Wildman–Crippen MR) is 80.7 cm³/mol. The molecular formula is C18H20ClFO. The molecule has 0 N–H and O–H groups in total. The first-order valence-electron chi connectivity index (χ1n) is 8.07. The Morgan fingerprint density at radius 2 is 1.71 bits per heavy atom. The van der Waals surface area contributed by atoms with Crippen LogP contribution >= 0.6 is 11.6 Å². The van der Waals surface area contributed by atoms with Crippen molar-refractivity contribution in [2.45, 2.75) is 38.5 Å². The van der Waals surface area contributed by atoms with Crippen molar-refractivity contribution in [3.8, 4) is 0 Å². The molecule has 1 nitrogen and oxygen atoms in total. The second-order valence-electron chi connectivity index (χ2n) is 7.31. The minimum absolute atomic E-state index is 0.120. The molecule has 0 radical (unpaired) electrons. The fourth-order valence-electron chi connectivity index (χ4n) is 5.44. The van der Waals surface area contributed by atoms with E-state index in [4.69, 9.17) is 11.6 Å². The molecule has 4 bridgehead atoms. The number of benzene rings is 1. The van der Waals surface area contributed by atoms with Crippen LogP contribution in [0.2, 0.25) is 5.02 Å². The van der Waals surface area contributed by atoms with Gasteiger partial charge in [0.1, 0.15) is 11.6 Å². The Morgan fingerprint density at radius 3 is 2.33 bits per heavy atom. The van der Waals surface area contributed by atoms with E-state index >= 15 is 0 Å². The number of rotatable bonds is 3. The molecule has 21 heavy (non-hydrogen) atoms. The third-order valence-electron chi connectivity index (χ3n) is 5.99. The first-order valence-corrected chi connectivity index (χ1v) is 8.45. The number of Topliss-reactive ketones (excluding diaryl/α,β-unsaturated/α-hetero) is 1. The monoisotopic (exact) mass is 306 g/mol. The molecule has 0 heterocycles. The molecular weight excluding hydrogens is 287 g/mol. The van der Waals surface area contributed by atoms with E-state index in [1.807, 2.05) is 0 Å². The Balaban J connectivity index is 1.54. The zero-order chi connectivity index (χ0) is 14.6. The third-order valence-corrected chi connectivity index (χ3v) is 6.42. The van der Waals surface area contributed by atoms with Crippen LogP contribution < -0.4 is 0 Å². The summed E-state index contributed by atoms with van der Waals surface area (Å²) in [5.41, 5.74) is 0.649. The average Bonchev–Trinajstić information content (AvgIpc) is 2.42. The Bertz CT molecular complexity index is 555. The van der Waals surface area contributed by atoms with Crippen LogP contribution in [0.3, 0.4) is 0 Å². The van der Waals surface area contributed by atoms with Crippen LogP contribution in [0.15, 0.2) is 18.2 Å². The Labute approximate surface area is 129 Å². The van der Waals surface area contributed by atoms with Crippen molar-refractivity contribution in [1.82, 2.24) is 0 Å². The highest BCUT2D eigenvalue weighted by Crippen LogP contribution is 2.56. The van der Waals surface area contributed by atoms with Gasteiger partial charge in [-0.05, 0) is 67.4 Å². The van der Waals surface area contributed by atoms with Crippen molar-refractivity contribution in [3.63, 3.8) is 0 Å². The zero-order valence-electron chi connectivity index (χ0n) is 12.0. The summed E-state index contributed by atoms with van der Waals surface area (Å²) in [6.45, 7) is 0. The molecule has 3 heteroatoms. The van der Waals surface area contributed by atoms with Gasteiger partial charge in [0.15, 0.2) is 0 Å². The maximum absolute atomic E-state index is 13.5. The molecule has 0 unspecified atom stereocenters. The van der Waals surface area contributed by atoms with Crippen LogP contribution in [0.1, 0.15) is 37.7 Å². The van der Waals surface area contributed by atoms with Crippen LogP contribution in [-0.4, -0.2) is 5.78 Å². The Kier molecular flexibility index (Phi) is 3.33. The van der Waals surface area contributed by atoms with E-state index in [2.05, 4.69) is 0 Å². The molecule has 0 saturated heterocycles. The molecule has 0 aliphatic heterocycles. The first kappa shape index (κ1) is 13.8. The standard InChI is InChI=1S/C18H20ClFO/c19-18-12(2-1-3-15(18)20)9-16(21)17-13-5-10-4-11(7-13)8-14(17)6-10/h1-3,10-11,13-14,17H,4-9H2. The van der Waals surface area contributed by atoms with Crippen molar-refractivity contribution in [3.05, 3.63) is 34.6 Å². The van der Waals surface area contributed by atoms with Crippen molar-refractivity contribution < 1.29 is 9.18 Å². The average molecular weight is 307 g/mol. The third kappa shape index (κ3) is 2.32. The minimum atomic E-state index is -0.424. The lowest BCUT2D eigenvalue weighted by Crippen LogP contribution is -2.48. The lowest BCUT2D eigenvalue weighted by molar-refractivity contribution is -0.135. The van der Waals surface area contributed by atoms with Gasteiger partial charge < -0.3 is 0 Å². The highest BCUT2D eigenvalue weighted by Gasteiger charge is 2.50. The van der Waals surface area contributed by atoms with Crippen LogP contribution in [0.5, 0.6) is 0 Å². The SMILES string of the molecule is O=C(Cc1cccc(F)c1Cl)C1C2CC3CC(C2)CC1C3. The maximum Gasteiger partial charge on any atom is 0.142 e. The van der Waals surface area contributed by atoms with Crippen LogP contribution in [-0.2, 0) is 11.2 Å². The molecule has 4 saturated carbocycles. The molecule has 1 aromatic carbocycles. The molecule has 0 aromatic heterocycles. The number of ketones is 1. The van der Waals surface area contributed by atoms with Gasteiger partial charge in [-0.2, -0.15) is 0 Å². The fourth-order valence-corrected chi connectivity index (χ4v) is 5.63. The van der Waals surface area contributed by atoms with E-state index < -0.39 is 5.82 Å². The first-order chi connectivity index (χ1) is 10.1. The molecule has 1 aromatic rings. The second kappa shape index (κ2) is 5.08. The van der Waals surface area contributed by atoms with E-state index in [-0.39, 0.29) is 16.7 Å². The van der Waals surface area contributed by atoms with Crippen molar-refractivity contribution >= 4 is 17.4 Å². The van der Waals surface area contributed by atoms with Crippen molar-refractivity contribution in [2.24, 2.45) is 29.6 Å². The summed E-state index contributed by atoms with van der Waals surface area (Å²) in [6, 6.07) is 4.76. The highest BCUT2D eigenvalue weighted by atomic mass is 35.5. The number of hydrogen-bond donors (Lipinski definition) is 0. The highest BCUT2D eigenvalue weighted by molar-refractivity contribution is 6.31. The van der Waals surface area contributed by atoms with Gasteiger partial charge in [-0.25, -0.2) is 4.39 Å². The van der Waals surface area contributed by atoms with E-state index in [0.29, 0.717) is 23.8 Å².